The van der Waals surface area contributed by atoms with Gasteiger partial charge in [0.05, 0.1) is 22.7 Å². The zero-order valence-electron chi connectivity index (χ0n) is 12.1. The molecule has 0 atom stereocenters. The highest BCUT2D eigenvalue weighted by atomic mass is 15.2. The molecule has 4 heteroatoms. The number of para-hydroxylation sites is 2. The molecular formula is C18H18N4. The van der Waals surface area contributed by atoms with Gasteiger partial charge in [-0.25, -0.2) is 0 Å². The third-order valence-electron chi connectivity index (χ3n) is 3.50. The Balaban J connectivity index is 2.21. The lowest BCUT2D eigenvalue weighted by Gasteiger charge is -2.27. The second-order valence-electron chi connectivity index (χ2n) is 5.05. The molecule has 22 heavy (non-hydrogen) atoms. The molecule has 110 valence electrons. The number of hydrogen-bond acceptors (Lipinski definition) is 4. The molecule has 4 nitrogen and oxygen atoms in total. The Kier molecular flexibility index (Phi) is 3.58. The molecule has 3 aromatic rings. The van der Waals surface area contributed by atoms with E-state index in [1.165, 1.54) is 0 Å². The van der Waals surface area contributed by atoms with Crippen LogP contribution in [-0.2, 0) is 0 Å². The summed E-state index contributed by atoms with van der Waals surface area (Å²) in [5, 5.41) is 0. The van der Waals surface area contributed by atoms with E-state index in [1.54, 1.807) is 6.07 Å². The van der Waals surface area contributed by atoms with Gasteiger partial charge in [-0.1, -0.05) is 36.4 Å². The van der Waals surface area contributed by atoms with Crippen LogP contribution in [0.4, 0.5) is 34.1 Å². The number of nitrogen functional groups attached to an aromatic ring is 3. The molecule has 3 rings (SSSR count). The first-order valence-electron chi connectivity index (χ1n) is 7.01. The van der Waals surface area contributed by atoms with E-state index in [9.17, 15) is 0 Å². The minimum Gasteiger partial charge on any atom is -0.397 e. The molecule has 0 aromatic heterocycles. The van der Waals surface area contributed by atoms with Crippen LogP contribution in [0, 0.1) is 0 Å². The van der Waals surface area contributed by atoms with Crippen molar-refractivity contribution in [2.45, 2.75) is 0 Å². The topological polar surface area (TPSA) is 81.3 Å². The first-order chi connectivity index (χ1) is 10.7. The van der Waals surface area contributed by atoms with Gasteiger partial charge in [-0.2, -0.15) is 0 Å². The van der Waals surface area contributed by atoms with Crippen LogP contribution in [0.25, 0.3) is 0 Å². The smallest absolute Gasteiger partial charge is 0.0713 e. The molecule has 0 fully saturated rings. The Bertz CT molecular complexity index is 730. The van der Waals surface area contributed by atoms with Crippen LogP contribution >= 0.6 is 0 Å². The van der Waals surface area contributed by atoms with E-state index in [0.717, 1.165) is 17.1 Å². The normalized spacial score (nSPS) is 10.4. The van der Waals surface area contributed by atoms with Crippen molar-refractivity contribution in [2.75, 3.05) is 22.1 Å². The number of nitrogens with two attached hydrogens (primary N) is 3. The standard InChI is InChI=1S/C18H18N4/c19-15-11-17(21)18(12-16(15)20)22(13-7-3-1-4-8-13)14-9-5-2-6-10-14/h1-12H,19-21H2. The van der Waals surface area contributed by atoms with Crippen LogP contribution in [0.1, 0.15) is 0 Å². The van der Waals surface area contributed by atoms with Crippen molar-refractivity contribution in [1.29, 1.82) is 0 Å². The van der Waals surface area contributed by atoms with Crippen molar-refractivity contribution >= 4 is 34.1 Å². The predicted octanol–water partition coefficient (Wildman–Crippen LogP) is 3.90. The lowest BCUT2D eigenvalue weighted by Crippen LogP contribution is -2.13. The molecule has 0 heterocycles. The van der Waals surface area contributed by atoms with Gasteiger partial charge in [-0.15, -0.1) is 0 Å². The molecule has 0 spiro atoms. The van der Waals surface area contributed by atoms with Gasteiger partial charge in [-0.05, 0) is 36.4 Å². The average Bonchev–Trinajstić information content (AvgIpc) is 2.55. The van der Waals surface area contributed by atoms with Crippen LogP contribution < -0.4 is 22.1 Å². The number of anilines is 6. The van der Waals surface area contributed by atoms with Crippen molar-refractivity contribution in [2.24, 2.45) is 0 Å². The summed E-state index contributed by atoms with van der Waals surface area (Å²) < 4.78 is 0. The summed E-state index contributed by atoms with van der Waals surface area (Å²) in [7, 11) is 0. The fraction of sp³-hybridized carbons (Fsp3) is 0. The molecule has 0 amide bonds. The molecule has 0 saturated heterocycles. The Morgan fingerprint density at radius 2 is 1.00 bits per heavy atom. The second kappa shape index (κ2) is 5.69. The Morgan fingerprint density at radius 3 is 1.50 bits per heavy atom. The van der Waals surface area contributed by atoms with Crippen LogP contribution in [0.15, 0.2) is 72.8 Å². The minimum atomic E-state index is 0.488. The van der Waals surface area contributed by atoms with Gasteiger partial charge in [0.1, 0.15) is 0 Å². The van der Waals surface area contributed by atoms with Crippen molar-refractivity contribution in [3.05, 3.63) is 72.8 Å². The first kappa shape index (κ1) is 13.8. The maximum Gasteiger partial charge on any atom is 0.0713 e. The maximum absolute atomic E-state index is 6.19. The highest BCUT2D eigenvalue weighted by Crippen LogP contribution is 2.40. The number of benzene rings is 3. The minimum absolute atomic E-state index is 0.488. The number of hydrogen-bond donors (Lipinski definition) is 3. The summed E-state index contributed by atoms with van der Waals surface area (Å²) in [5.74, 6) is 0. The van der Waals surface area contributed by atoms with Crippen molar-refractivity contribution in [3.63, 3.8) is 0 Å². The molecular weight excluding hydrogens is 272 g/mol. The molecule has 6 N–H and O–H groups in total. The molecule has 0 radical (unpaired) electrons. The number of nitrogens with zero attached hydrogens (tertiary/aromatic N) is 1. The molecule has 0 aliphatic carbocycles. The monoisotopic (exact) mass is 290 g/mol. The van der Waals surface area contributed by atoms with E-state index < -0.39 is 0 Å². The zero-order chi connectivity index (χ0) is 15.5. The maximum atomic E-state index is 6.19. The van der Waals surface area contributed by atoms with Gasteiger partial charge in [0.15, 0.2) is 0 Å². The Hall–Kier alpha value is -3.14. The molecule has 0 unspecified atom stereocenters. The van der Waals surface area contributed by atoms with Crippen LogP contribution in [0.2, 0.25) is 0 Å². The summed E-state index contributed by atoms with van der Waals surface area (Å²) in [6.45, 7) is 0. The van der Waals surface area contributed by atoms with Gasteiger partial charge in [0.25, 0.3) is 0 Å². The van der Waals surface area contributed by atoms with Gasteiger partial charge in [-0.3, -0.25) is 0 Å². The van der Waals surface area contributed by atoms with E-state index in [-0.39, 0.29) is 0 Å². The summed E-state index contributed by atoms with van der Waals surface area (Å²) in [5.41, 5.74) is 22.4. The zero-order valence-corrected chi connectivity index (χ0v) is 12.1. The summed E-state index contributed by atoms with van der Waals surface area (Å²) in [6, 6.07) is 23.5. The van der Waals surface area contributed by atoms with E-state index in [4.69, 9.17) is 17.2 Å². The molecule has 0 aliphatic heterocycles. The van der Waals surface area contributed by atoms with Crippen LogP contribution in [0.5, 0.6) is 0 Å². The fourth-order valence-corrected chi connectivity index (χ4v) is 2.41. The van der Waals surface area contributed by atoms with Gasteiger partial charge < -0.3 is 22.1 Å². The average molecular weight is 290 g/mol. The second-order valence-corrected chi connectivity index (χ2v) is 5.05. The highest BCUT2D eigenvalue weighted by molar-refractivity contribution is 5.88. The SMILES string of the molecule is Nc1cc(N)c(N(c2ccccc2)c2ccccc2)cc1N. The summed E-state index contributed by atoms with van der Waals surface area (Å²) >= 11 is 0. The first-order valence-corrected chi connectivity index (χ1v) is 7.01. The van der Waals surface area contributed by atoms with Crippen LogP contribution in [-0.4, -0.2) is 0 Å². The van der Waals surface area contributed by atoms with Gasteiger partial charge >= 0.3 is 0 Å². The molecule has 0 saturated carbocycles. The lowest BCUT2D eigenvalue weighted by molar-refractivity contribution is 1.29. The summed E-state index contributed by atoms with van der Waals surface area (Å²) in [6.07, 6.45) is 0. The Morgan fingerprint density at radius 1 is 0.545 bits per heavy atom. The van der Waals surface area contributed by atoms with E-state index >= 15 is 0 Å². The van der Waals surface area contributed by atoms with E-state index in [1.807, 2.05) is 66.7 Å². The third kappa shape index (κ3) is 2.54. The fourth-order valence-electron chi connectivity index (χ4n) is 2.41. The van der Waals surface area contributed by atoms with E-state index in [2.05, 4.69) is 4.90 Å². The quantitative estimate of drug-likeness (QED) is 0.639. The summed E-state index contributed by atoms with van der Waals surface area (Å²) in [4.78, 5) is 2.06. The molecule has 0 bridgehead atoms. The predicted molar refractivity (Wildman–Crippen MR) is 94.4 cm³/mol. The molecule has 3 aromatic carbocycles. The molecule has 0 aliphatic rings. The van der Waals surface area contributed by atoms with Crippen LogP contribution in [0.3, 0.4) is 0 Å². The van der Waals surface area contributed by atoms with Crippen molar-refractivity contribution in [1.82, 2.24) is 0 Å². The highest BCUT2D eigenvalue weighted by Gasteiger charge is 2.15. The van der Waals surface area contributed by atoms with E-state index in [0.29, 0.717) is 17.1 Å². The third-order valence-corrected chi connectivity index (χ3v) is 3.50. The largest absolute Gasteiger partial charge is 0.397 e. The van der Waals surface area contributed by atoms with Gasteiger partial charge in [0.2, 0.25) is 0 Å². The van der Waals surface area contributed by atoms with Crippen molar-refractivity contribution in [3.8, 4) is 0 Å². The van der Waals surface area contributed by atoms with Crippen molar-refractivity contribution < 1.29 is 0 Å². The Labute approximate surface area is 129 Å². The van der Waals surface area contributed by atoms with Gasteiger partial charge in [0, 0.05) is 11.4 Å². The lowest BCUT2D eigenvalue weighted by atomic mass is 10.1. The number of rotatable bonds is 3.